The molecule has 0 atom stereocenters. The van der Waals surface area contributed by atoms with E-state index < -0.39 is 0 Å². The number of hydrogen-bond donors (Lipinski definition) is 0. The highest BCUT2D eigenvalue weighted by Gasteiger charge is 1.99. The lowest BCUT2D eigenvalue weighted by Gasteiger charge is -2.05. The zero-order valence-electron chi connectivity index (χ0n) is 7.97. The van der Waals surface area contributed by atoms with Crippen LogP contribution in [-0.4, -0.2) is 18.3 Å². The summed E-state index contributed by atoms with van der Waals surface area (Å²) in [5.41, 5.74) is 2.37. The van der Waals surface area contributed by atoms with Crippen LogP contribution < -0.4 is 4.74 Å². The van der Waals surface area contributed by atoms with Crippen molar-refractivity contribution < 1.29 is 4.74 Å². The summed E-state index contributed by atoms with van der Waals surface area (Å²) in [6.45, 7) is 0. The highest BCUT2D eigenvalue weighted by atomic mass is 79.9. The predicted molar refractivity (Wildman–Crippen MR) is 65.5 cm³/mol. The Balaban J connectivity index is 2.89. The first-order chi connectivity index (χ1) is 6.81. The van der Waals surface area contributed by atoms with Crippen molar-refractivity contribution in [1.82, 2.24) is 0 Å². The van der Waals surface area contributed by atoms with E-state index in [0.29, 0.717) is 5.88 Å². The largest absolute Gasteiger partial charge is 0.497 e. The lowest BCUT2D eigenvalue weighted by Crippen LogP contribution is -1.88. The number of benzene rings is 1. The molecule has 1 nitrogen and oxygen atoms in total. The van der Waals surface area contributed by atoms with Crippen LogP contribution in [0.15, 0.2) is 30.3 Å². The molecule has 0 unspecified atom stereocenters. The molecule has 0 aliphatic heterocycles. The average Bonchev–Trinajstić information content (AvgIpc) is 2.26. The van der Waals surface area contributed by atoms with Crippen LogP contribution in [0.5, 0.6) is 5.75 Å². The van der Waals surface area contributed by atoms with Crippen LogP contribution in [0, 0.1) is 0 Å². The van der Waals surface area contributed by atoms with Gasteiger partial charge in [-0.3, -0.25) is 0 Å². The summed E-state index contributed by atoms with van der Waals surface area (Å²) in [5, 5.41) is 0.812. The number of ether oxygens (including phenoxy) is 1. The van der Waals surface area contributed by atoms with E-state index >= 15 is 0 Å². The molecule has 0 spiro atoms. The normalized spacial score (nSPS) is 11.5. The van der Waals surface area contributed by atoms with E-state index in [1.165, 1.54) is 11.1 Å². The molecule has 0 heterocycles. The van der Waals surface area contributed by atoms with E-state index in [9.17, 15) is 0 Å². The van der Waals surface area contributed by atoms with Gasteiger partial charge in [0.25, 0.3) is 0 Å². The molecule has 0 aromatic heterocycles. The second-order valence-electron chi connectivity index (χ2n) is 2.75. The number of methoxy groups -OCH3 is 1. The monoisotopic (exact) mass is 274 g/mol. The predicted octanol–water partition coefficient (Wildman–Crippen LogP) is 3.71. The number of allylic oxidation sites excluding steroid dienone is 2. The first-order valence-electron chi connectivity index (χ1n) is 4.27. The fraction of sp³-hybridized carbons (Fsp3) is 0.273. The highest BCUT2D eigenvalue weighted by Crippen LogP contribution is 2.20. The third-order valence-electron chi connectivity index (χ3n) is 1.93. The Morgan fingerprint density at radius 3 is 2.50 bits per heavy atom. The van der Waals surface area contributed by atoms with Crippen LogP contribution in [0.25, 0.3) is 5.57 Å². The van der Waals surface area contributed by atoms with Gasteiger partial charge in [0.2, 0.25) is 0 Å². The Labute approximate surface area is 97.9 Å². The number of alkyl halides is 2. The van der Waals surface area contributed by atoms with Gasteiger partial charge < -0.3 is 4.74 Å². The Hall–Kier alpha value is -0.470. The van der Waals surface area contributed by atoms with Gasteiger partial charge in [-0.1, -0.05) is 34.1 Å². The fourth-order valence-corrected chi connectivity index (χ4v) is 1.89. The van der Waals surface area contributed by atoms with Crippen molar-refractivity contribution in [3.05, 3.63) is 35.9 Å². The van der Waals surface area contributed by atoms with Gasteiger partial charge >= 0.3 is 0 Å². The molecule has 3 heteroatoms. The third kappa shape index (κ3) is 3.03. The molecule has 76 valence electrons. The van der Waals surface area contributed by atoms with E-state index in [1.54, 1.807) is 7.11 Å². The van der Waals surface area contributed by atoms with Gasteiger partial charge in [-0.25, -0.2) is 0 Å². The molecule has 0 N–H and O–H groups in total. The van der Waals surface area contributed by atoms with Crippen LogP contribution in [-0.2, 0) is 0 Å². The number of halogens is 2. The second kappa shape index (κ2) is 6.10. The average molecular weight is 276 g/mol. The maximum atomic E-state index is 5.66. The smallest absolute Gasteiger partial charge is 0.118 e. The molecule has 0 fully saturated rings. The van der Waals surface area contributed by atoms with Gasteiger partial charge in [-0.2, -0.15) is 0 Å². The minimum absolute atomic E-state index is 0.535. The van der Waals surface area contributed by atoms with Gasteiger partial charge in [0, 0.05) is 11.2 Å². The summed E-state index contributed by atoms with van der Waals surface area (Å²) in [6.07, 6.45) is 2.00. The molecule has 14 heavy (non-hydrogen) atoms. The van der Waals surface area contributed by atoms with Gasteiger partial charge in [-0.15, -0.1) is 11.6 Å². The number of hydrogen-bond acceptors (Lipinski definition) is 1. The maximum Gasteiger partial charge on any atom is 0.118 e. The SMILES string of the molecule is COc1ccc(/C(=C/CCl)CBr)cc1. The molecular weight excluding hydrogens is 263 g/mol. The molecular formula is C11H12BrClO. The van der Waals surface area contributed by atoms with Gasteiger partial charge in [0.15, 0.2) is 0 Å². The summed E-state index contributed by atoms with van der Waals surface area (Å²) >= 11 is 9.09. The van der Waals surface area contributed by atoms with Gasteiger partial charge in [0.05, 0.1) is 7.11 Å². The standard InChI is InChI=1S/C11H12BrClO/c1-14-11-4-2-9(3-5-11)10(8-12)6-7-13/h2-6H,7-8H2,1H3/b10-6+. The zero-order valence-corrected chi connectivity index (χ0v) is 10.3. The molecule has 0 amide bonds. The van der Waals surface area contributed by atoms with Crippen LogP contribution in [0.3, 0.4) is 0 Å². The molecule has 1 rings (SSSR count). The Morgan fingerprint density at radius 2 is 2.07 bits per heavy atom. The van der Waals surface area contributed by atoms with Gasteiger partial charge in [0.1, 0.15) is 5.75 Å². The fourth-order valence-electron chi connectivity index (χ4n) is 1.15. The van der Waals surface area contributed by atoms with Crippen molar-refractivity contribution in [2.24, 2.45) is 0 Å². The number of rotatable bonds is 4. The van der Waals surface area contributed by atoms with Gasteiger partial charge in [-0.05, 0) is 23.3 Å². The molecule has 0 radical (unpaired) electrons. The first kappa shape index (κ1) is 11.6. The third-order valence-corrected chi connectivity index (χ3v) is 2.69. The summed E-state index contributed by atoms with van der Waals surface area (Å²) in [6, 6.07) is 7.94. The molecule has 1 aromatic carbocycles. The Kier molecular flexibility index (Phi) is 5.05. The summed E-state index contributed by atoms with van der Waals surface area (Å²) in [7, 11) is 1.66. The van der Waals surface area contributed by atoms with Crippen molar-refractivity contribution in [1.29, 1.82) is 0 Å². The van der Waals surface area contributed by atoms with Crippen molar-refractivity contribution >= 4 is 33.1 Å². The van der Waals surface area contributed by atoms with E-state index in [1.807, 2.05) is 30.3 Å². The quantitative estimate of drug-likeness (QED) is 0.761. The highest BCUT2D eigenvalue weighted by molar-refractivity contribution is 9.09. The topological polar surface area (TPSA) is 9.23 Å². The van der Waals surface area contributed by atoms with Crippen molar-refractivity contribution in [2.75, 3.05) is 18.3 Å². The van der Waals surface area contributed by atoms with Crippen molar-refractivity contribution in [2.45, 2.75) is 0 Å². The summed E-state index contributed by atoms with van der Waals surface area (Å²) in [4.78, 5) is 0. The molecule has 0 aliphatic carbocycles. The molecule has 0 saturated carbocycles. The Bertz CT molecular complexity index is 306. The van der Waals surface area contributed by atoms with E-state index in [0.717, 1.165) is 11.1 Å². The van der Waals surface area contributed by atoms with Crippen LogP contribution in [0.4, 0.5) is 0 Å². The summed E-state index contributed by atoms with van der Waals surface area (Å²) < 4.78 is 5.09. The zero-order chi connectivity index (χ0) is 10.4. The van der Waals surface area contributed by atoms with Crippen molar-refractivity contribution in [3.63, 3.8) is 0 Å². The molecule has 0 saturated heterocycles. The maximum absolute atomic E-state index is 5.66. The summed E-state index contributed by atoms with van der Waals surface area (Å²) in [5.74, 6) is 1.40. The van der Waals surface area contributed by atoms with Crippen molar-refractivity contribution in [3.8, 4) is 5.75 Å². The van der Waals surface area contributed by atoms with Crippen LogP contribution >= 0.6 is 27.5 Å². The molecule has 0 bridgehead atoms. The van der Waals surface area contributed by atoms with E-state index in [4.69, 9.17) is 16.3 Å². The Morgan fingerprint density at radius 1 is 1.43 bits per heavy atom. The molecule has 1 aromatic rings. The molecule has 0 aliphatic rings. The first-order valence-corrected chi connectivity index (χ1v) is 5.92. The second-order valence-corrected chi connectivity index (χ2v) is 3.62. The minimum atomic E-state index is 0.535. The van der Waals surface area contributed by atoms with Crippen LogP contribution in [0.2, 0.25) is 0 Å². The minimum Gasteiger partial charge on any atom is -0.497 e. The van der Waals surface area contributed by atoms with E-state index in [2.05, 4.69) is 15.9 Å². The van der Waals surface area contributed by atoms with Crippen LogP contribution in [0.1, 0.15) is 5.56 Å². The lowest BCUT2D eigenvalue weighted by molar-refractivity contribution is 0.415. The van der Waals surface area contributed by atoms with E-state index in [-0.39, 0.29) is 0 Å². The lowest BCUT2D eigenvalue weighted by atomic mass is 10.1.